The fraction of sp³-hybridized carbons (Fsp3) is 0.231. The van der Waals surface area contributed by atoms with Crippen molar-refractivity contribution in [1.82, 2.24) is 5.43 Å². The van der Waals surface area contributed by atoms with E-state index in [1.54, 1.807) is 7.11 Å². The fourth-order valence-electron chi connectivity index (χ4n) is 1.76. The van der Waals surface area contributed by atoms with Crippen LogP contribution >= 0.6 is 0 Å². The van der Waals surface area contributed by atoms with Gasteiger partial charge in [0.1, 0.15) is 5.75 Å². The van der Waals surface area contributed by atoms with Gasteiger partial charge in [-0.25, -0.2) is 5.43 Å². The molecular weight excluding hydrogens is 200 g/mol. The summed E-state index contributed by atoms with van der Waals surface area (Å²) in [5.41, 5.74) is 4.20. The normalized spacial score (nSPS) is 10.4. The van der Waals surface area contributed by atoms with Crippen molar-refractivity contribution < 1.29 is 4.74 Å². The van der Waals surface area contributed by atoms with Gasteiger partial charge in [-0.2, -0.15) is 0 Å². The Balaban J connectivity index is 2.55. The number of hydrazine groups is 1. The number of nitrogens with one attached hydrogen (secondary N) is 1. The molecule has 3 nitrogen and oxygen atoms in total. The molecule has 0 amide bonds. The lowest BCUT2D eigenvalue weighted by Gasteiger charge is -2.18. The van der Waals surface area contributed by atoms with Gasteiger partial charge in [0, 0.05) is 19.5 Å². The van der Waals surface area contributed by atoms with Crippen LogP contribution in [0.1, 0.15) is 0 Å². The molecule has 0 aliphatic carbocycles. The summed E-state index contributed by atoms with van der Waals surface area (Å²) in [5.74, 6) is 0.913. The molecule has 0 fully saturated rings. The van der Waals surface area contributed by atoms with E-state index in [1.165, 1.54) is 5.39 Å². The van der Waals surface area contributed by atoms with Crippen molar-refractivity contribution in [1.29, 1.82) is 0 Å². The third kappa shape index (κ3) is 1.82. The maximum atomic E-state index is 5.32. The predicted molar refractivity (Wildman–Crippen MR) is 68.0 cm³/mol. The van der Waals surface area contributed by atoms with Crippen molar-refractivity contribution in [2.24, 2.45) is 0 Å². The molecule has 0 spiro atoms. The standard InChI is InChI=1S/C13H16N2O/c1-14-15(2)11-7-8-12-10(9-11)5-4-6-13(12)16-3/h4-9,14H,1-3H3. The first kappa shape index (κ1) is 10.8. The van der Waals surface area contributed by atoms with E-state index in [0.29, 0.717) is 0 Å². The van der Waals surface area contributed by atoms with E-state index >= 15 is 0 Å². The van der Waals surface area contributed by atoms with Gasteiger partial charge < -0.3 is 9.75 Å². The monoisotopic (exact) mass is 216 g/mol. The van der Waals surface area contributed by atoms with Crippen LogP contribution in [0.5, 0.6) is 5.75 Å². The van der Waals surface area contributed by atoms with E-state index in [1.807, 2.05) is 31.2 Å². The Labute approximate surface area is 95.6 Å². The number of nitrogens with zero attached hydrogens (tertiary/aromatic N) is 1. The molecule has 0 aliphatic rings. The van der Waals surface area contributed by atoms with Gasteiger partial charge in [-0.15, -0.1) is 0 Å². The summed E-state index contributed by atoms with van der Waals surface area (Å²) in [7, 11) is 5.58. The van der Waals surface area contributed by atoms with Gasteiger partial charge in [-0.05, 0) is 29.7 Å². The molecular formula is C13H16N2O. The smallest absolute Gasteiger partial charge is 0.126 e. The Morgan fingerprint density at radius 3 is 2.69 bits per heavy atom. The molecule has 16 heavy (non-hydrogen) atoms. The highest BCUT2D eigenvalue weighted by atomic mass is 16.5. The molecule has 0 radical (unpaired) electrons. The Morgan fingerprint density at radius 2 is 2.00 bits per heavy atom. The molecule has 2 rings (SSSR count). The van der Waals surface area contributed by atoms with Gasteiger partial charge in [0.25, 0.3) is 0 Å². The molecule has 2 aromatic carbocycles. The first-order chi connectivity index (χ1) is 7.76. The highest BCUT2D eigenvalue weighted by Gasteiger charge is 2.03. The summed E-state index contributed by atoms with van der Waals surface area (Å²) >= 11 is 0. The Kier molecular flexibility index (Phi) is 2.97. The third-order valence-corrected chi connectivity index (χ3v) is 2.77. The molecule has 0 unspecified atom stereocenters. The van der Waals surface area contributed by atoms with Gasteiger partial charge in [-0.1, -0.05) is 12.1 Å². The van der Waals surface area contributed by atoms with Crippen LogP contribution < -0.4 is 15.2 Å². The Hall–Kier alpha value is -1.74. The van der Waals surface area contributed by atoms with E-state index in [-0.39, 0.29) is 0 Å². The van der Waals surface area contributed by atoms with Crippen molar-refractivity contribution in [2.45, 2.75) is 0 Å². The quantitative estimate of drug-likeness (QED) is 0.797. The summed E-state index contributed by atoms with van der Waals surface area (Å²) in [6.45, 7) is 0. The molecule has 0 atom stereocenters. The highest BCUT2D eigenvalue weighted by molar-refractivity contribution is 5.90. The highest BCUT2D eigenvalue weighted by Crippen LogP contribution is 2.28. The van der Waals surface area contributed by atoms with Crippen molar-refractivity contribution >= 4 is 16.5 Å². The van der Waals surface area contributed by atoms with Crippen molar-refractivity contribution in [3.63, 3.8) is 0 Å². The van der Waals surface area contributed by atoms with Crippen molar-refractivity contribution in [2.75, 3.05) is 26.2 Å². The second-order valence-corrected chi connectivity index (χ2v) is 3.65. The van der Waals surface area contributed by atoms with Gasteiger partial charge in [0.15, 0.2) is 0 Å². The van der Waals surface area contributed by atoms with Gasteiger partial charge in [0.2, 0.25) is 0 Å². The first-order valence-electron chi connectivity index (χ1n) is 5.24. The van der Waals surface area contributed by atoms with Crippen LogP contribution in [0.4, 0.5) is 5.69 Å². The van der Waals surface area contributed by atoms with Crippen LogP contribution in [0.15, 0.2) is 36.4 Å². The summed E-state index contributed by atoms with van der Waals surface area (Å²) in [4.78, 5) is 0. The van der Waals surface area contributed by atoms with E-state index < -0.39 is 0 Å². The lowest BCUT2D eigenvalue weighted by Crippen LogP contribution is -2.30. The number of fused-ring (bicyclic) bond motifs is 1. The third-order valence-electron chi connectivity index (χ3n) is 2.77. The molecule has 1 N–H and O–H groups in total. The summed E-state index contributed by atoms with van der Waals surface area (Å²) < 4.78 is 5.32. The van der Waals surface area contributed by atoms with Crippen LogP contribution in [0.3, 0.4) is 0 Å². The molecule has 0 heterocycles. The molecule has 0 saturated heterocycles. The molecule has 0 saturated carbocycles. The SMILES string of the molecule is CNN(C)c1ccc2c(OC)cccc2c1. The Bertz CT molecular complexity index is 496. The molecule has 0 aromatic heterocycles. The first-order valence-corrected chi connectivity index (χ1v) is 5.24. The average molecular weight is 216 g/mol. The van der Waals surface area contributed by atoms with Gasteiger partial charge in [0.05, 0.1) is 12.8 Å². The summed E-state index contributed by atoms with van der Waals surface area (Å²) in [6.07, 6.45) is 0. The lowest BCUT2D eigenvalue weighted by molar-refractivity contribution is 0.420. The van der Waals surface area contributed by atoms with Crippen molar-refractivity contribution in [3.05, 3.63) is 36.4 Å². The van der Waals surface area contributed by atoms with Gasteiger partial charge >= 0.3 is 0 Å². The molecule has 0 aliphatic heterocycles. The van der Waals surface area contributed by atoms with E-state index in [2.05, 4.69) is 29.7 Å². The zero-order chi connectivity index (χ0) is 11.5. The average Bonchev–Trinajstić information content (AvgIpc) is 2.36. The van der Waals surface area contributed by atoms with Crippen molar-refractivity contribution in [3.8, 4) is 5.75 Å². The number of hydrogen-bond acceptors (Lipinski definition) is 3. The number of benzene rings is 2. The number of rotatable bonds is 3. The number of anilines is 1. The van der Waals surface area contributed by atoms with E-state index in [4.69, 9.17) is 4.74 Å². The number of methoxy groups -OCH3 is 1. The predicted octanol–water partition coefficient (Wildman–Crippen LogP) is 2.42. The van der Waals surface area contributed by atoms with Crippen LogP contribution in [0, 0.1) is 0 Å². The maximum Gasteiger partial charge on any atom is 0.126 e. The van der Waals surface area contributed by atoms with Crippen LogP contribution in [0.2, 0.25) is 0 Å². The minimum atomic E-state index is 0.913. The number of ether oxygens (including phenoxy) is 1. The van der Waals surface area contributed by atoms with Crippen LogP contribution in [-0.4, -0.2) is 21.2 Å². The Morgan fingerprint density at radius 1 is 1.19 bits per heavy atom. The molecule has 3 heteroatoms. The minimum Gasteiger partial charge on any atom is -0.496 e. The summed E-state index contributed by atoms with van der Waals surface area (Å²) in [6, 6.07) is 12.4. The zero-order valence-electron chi connectivity index (χ0n) is 9.82. The molecule has 0 bridgehead atoms. The number of hydrogen-bond donors (Lipinski definition) is 1. The molecule has 2 aromatic rings. The molecule has 84 valence electrons. The topological polar surface area (TPSA) is 24.5 Å². The largest absolute Gasteiger partial charge is 0.496 e. The second kappa shape index (κ2) is 4.41. The van der Waals surface area contributed by atoms with Crippen LogP contribution in [0.25, 0.3) is 10.8 Å². The minimum absolute atomic E-state index is 0.913. The van der Waals surface area contributed by atoms with Gasteiger partial charge in [-0.3, -0.25) is 0 Å². The van der Waals surface area contributed by atoms with E-state index in [9.17, 15) is 0 Å². The van der Waals surface area contributed by atoms with E-state index in [0.717, 1.165) is 16.8 Å². The zero-order valence-corrected chi connectivity index (χ0v) is 9.82. The lowest BCUT2D eigenvalue weighted by atomic mass is 10.1. The van der Waals surface area contributed by atoms with Crippen LogP contribution in [-0.2, 0) is 0 Å². The maximum absolute atomic E-state index is 5.32. The fourth-order valence-corrected chi connectivity index (χ4v) is 1.76. The summed E-state index contributed by atoms with van der Waals surface area (Å²) in [5, 5.41) is 4.29. The second-order valence-electron chi connectivity index (χ2n) is 3.65.